The largest absolute Gasteiger partial charge is 0.411 e. The van der Waals surface area contributed by atoms with Gasteiger partial charge in [-0.25, -0.2) is 0 Å². The van der Waals surface area contributed by atoms with Crippen LogP contribution in [0.5, 0.6) is 0 Å². The minimum absolute atomic E-state index is 0. The minimum Gasteiger partial charge on any atom is -0.411 e. The maximum Gasteiger partial charge on any atom is 0.106 e. The molecule has 0 amide bonds. The summed E-state index contributed by atoms with van der Waals surface area (Å²) >= 11 is 0. The maximum atomic E-state index is 7.90. The normalized spacial score (nSPS) is 11.8. The molecule has 0 aliphatic heterocycles. The molecule has 0 fully saturated rings. The van der Waals surface area contributed by atoms with Crippen molar-refractivity contribution in [3.8, 4) is 0 Å². The van der Waals surface area contributed by atoms with Crippen molar-refractivity contribution in [2.75, 3.05) is 14.2 Å². The summed E-state index contributed by atoms with van der Waals surface area (Å²) < 4.78 is 0. The Morgan fingerprint density at radius 3 is 1.35 bits per heavy atom. The van der Waals surface area contributed by atoms with Crippen molar-refractivity contribution in [2.45, 2.75) is 13.8 Å². The molecule has 2 N–H and O–H groups in total. The molecule has 101 valence electrons. The Labute approximate surface area is 110 Å². The molecule has 0 heterocycles. The van der Waals surface area contributed by atoms with Crippen molar-refractivity contribution < 1.29 is 36.9 Å². The molecular formula is C8H16CoN4O4. The molecule has 0 aliphatic carbocycles. The van der Waals surface area contributed by atoms with E-state index >= 15 is 0 Å². The number of hydrogen-bond donors (Lipinski definition) is 2. The van der Waals surface area contributed by atoms with Gasteiger partial charge in [0.15, 0.2) is 0 Å². The molecule has 0 rings (SSSR count). The Morgan fingerprint density at radius 1 is 0.882 bits per heavy atom. The first-order valence-electron chi connectivity index (χ1n) is 4.12. The smallest absolute Gasteiger partial charge is 0.106 e. The first kappa shape index (κ1) is 20.8. The molecule has 0 atom stereocenters. The van der Waals surface area contributed by atoms with Crippen molar-refractivity contribution in [2.24, 2.45) is 20.6 Å². The third-order valence-corrected chi connectivity index (χ3v) is 0.960. The van der Waals surface area contributed by atoms with Gasteiger partial charge in [0.1, 0.15) is 14.2 Å². The van der Waals surface area contributed by atoms with Crippen LogP contribution in [0.15, 0.2) is 20.6 Å². The van der Waals surface area contributed by atoms with E-state index in [0.717, 1.165) is 0 Å². The molecule has 0 saturated heterocycles. The van der Waals surface area contributed by atoms with Crippen molar-refractivity contribution in [1.29, 1.82) is 0 Å². The Bertz CT molecular complexity index is 251. The average molecular weight is 291 g/mol. The van der Waals surface area contributed by atoms with Gasteiger partial charge in [0.2, 0.25) is 0 Å². The van der Waals surface area contributed by atoms with Crippen LogP contribution in [-0.4, -0.2) is 48.5 Å². The van der Waals surface area contributed by atoms with E-state index in [1.54, 1.807) is 13.8 Å². The second-order valence-corrected chi connectivity index (χ2v) is 2.32. The molecule has 0 aliphatic rings. The summed E-state index contributed by atoms with van der Waals surface area (Å²) in [5, 5.41) is 28.1. The summed E-state index contributed by atoms with van der Waals surface area (Å²) in [7, 11) is 2.85. The van der Waals surface area contributed by atoms with Gasteiger partial charge in [-0.05, 0) is 13.8 Å². The van der Waals surface area contributed by atoms with E-state index in [-0.39, 0.29) is 16.8 Å². The molecule has 9 heteroatoms. The summed E-state index contributed by atoms with van der Waals surface area (Å²) in [5.41, 5.74) is 1.05. The predicted octanol–water partition coefficient (Wildman–Crippen LogP) is 0.935. The number of nitrogens with zero attached hydrogens (tertiary/aromatic N) is 4. The van der Waals surface area contributed by atoms with Gasteiger partial charge >= 0.3 is 0 Å². The van der Waals surface area contributed by atoms with Crippen LogP contribution in [0.2, 0.25) is 0 Å². The zero-order valence-electron chi connectivity index (χ0n) is 9.99. The van der Waals surface area contributed by atoms with Gasteiger partial charge in [0.05, 0.1) is 23.9 Å². The first-order chi connectivity index (χ1) is 7.62. The van der Waals surface area contributed by atoms with Crippen molar-refractivity contribution >= 4 is 23.9 Å². The molecule has 0 aromatic heterocycles. The van der Waals surface area contributed by atoms with E-state index in [1.807, 2.05) is 0 Å². The van der Waals surface area contributed by atoms with Gasteiger partial charge in [-0.15, -0.1) is 0 Å². The Kier molecular flexibility index (Phi) is 20.5. The summed E-state index contributed by atoms with van der Waals surface area (Å²) in [4.78, 5) is 8.68. The van der Waals surface area contributed by atoms with E-state index in [4.69, 9.17) is 10.4 Å². The van der Waals surface area contributed by atoms with Crippen molar-refractivity contribution in [1.82, 2.24) is 0 Å². The fourth-order valence-corrected chi connectivity index (χ4v) is 0.502. The second kappa shape index (κ2) is 16.8. The minimum atomic E-state index is 0. The number of hydrogen-bond acceptors (Lipinski definition) is 8. The summed E-state index contributed by atoms with van der Waals surface area (Å²) in [6.07, 6.45) is 2.37. The van der Waals surface area contributed by atoms with Crippen LogP contribution in [0.25, 0.3) is 0 Å². The standard InChI is InChI=1S/2C4H8N2O2.Co/c2*1-4(3-5-7)6-8-2;/h2*3,7H,1-2H3;. The molecule has 0 spiro atoms. The van der Waals surface area contributed by atoms with E-state index in [9.17, 15) is 0 Å². The SMILES string of the molecule is CON=C(C)C=NO.CON=C(C)C=NO.[Co]. The summed E-state index contributed by atoms with van der Waals surface area (Å²) in [6.45, 7) is 3.31. The van der Waals surface area contributed by atoms with Crippen LogP contribution in [0.3, 0.4) is 0 Å². The van der Waals surface area contributed by atoms with E-state index in [1.165, 1.54) is 26.6 Å². The molecule has 0 aromatic carbocycles. The van der Waals surface area contributed by atoms with Gasteiger partial charge in [-0.3, -0.25) is 0 Å². The molecule has 8 nitrogen and oxygen atoms in total. The second-order valence-electron chi connectivity index (χ2n) is 2.32. The van der Waals surface area contributed by atoms with Crippen molar-refractivity contribution in [3.05, 3.63) is 0 Å². The van der Waals surface area contributed by atoms with E-state index in [0.29, 0.717) is 11.4 Å². The van der Waals surface area contributed by atoms with Crippen LogP contribution in [0.1, 0.15) is 13.8 Å². The molecular weight excluding hydrogens is 275 g/mol. The zero-order chi connectivity index (χ0) is 12.8. The van der Waals surface area contributed by atoms with Crippen LogP contribution in [0, 0.1) is 0 Å². The average Bonchev–Trinajstić information content (AvgIpc) is 2.20. The molecule has 0 unspecified atom stereocenters. The van der Waals surface area contributed by atoms with Gasteiger partial charge < -0.3 is 20.1 Å². The number of oxime groups is 4. The van der Waals surface area contributed by atoms with Gasteiger partial charge in [0, 0.05) is 16.8 Å². The quantitative estimate of drug-likeness (QED) is 0.456. The van der Waals surface area contributed by atoms with Crippen LogP contribution in [-0.2, 0) is 26.5 Å². The molecule has 0 aromatic rings. The molecule has 17 heavy (non-hydrogen) atoms. The predicted molar refractivity (Wildman–Crippen MR) is 60.8 cm³/mol. The van der Waals surface area contributed by atoms with E-state index < -0.39 is 0 Å². The molecule has 0 bridgehead atoms. The zero-order valence-corrected chi connectivity index (χ0v) is 11.0. The Hall–Kier alpha value is -1.61. The van der Waals surface area contributed by atoms with Crippen LogP contribution in [0.4, 0.5) is 0 Å². The Balaban J connectivity index is -0.000000218. The molecule has 0 saturated carbocycles. The fraction of sp³-hybridized carbons (Fsp3) is 0.500. The summed E-state index contributed by atoms with van der Waals surface area (Å²) in [6, 6.07) is 0. The Morgan fingerprint density at radius 2 is 1.18 bits per heavy atom. The monoisotopic (exact) mass is 291 g/mol. The first-order valence-corrected chi connectivity index (χ1v) is 4.12. The van der Waals surface area contributed by atoms with Crippen LogP contribution >= 0.6 is 0 Å². The van der Waals surface area contributed by atoms with Crippen LogP contribution < -0.4 is 0 Å². The van der Waals surface area contributed by atoms with Crippen molar-refractivity contribution in [3.63, 3.8) is 0 Å². The van der Waals surface area contributed by atoms with Gasteiger partial charge in [0.25, 0.3) is 0 Å². The van der Waals surface area contributed by atoms with Gasteiger partial charge in [-0.1, -0.05) is 20.6 Å². The third-order valence-electron chi connectivity index (χ3n) is 0.960. The van der Waals surface area contributed by atoms with E-state index in [2.05, 4.69) is 30.3 Å². The molecule has 1 radical (unpaired) electrons. The topological polar surface area (TPSA) is 108 Å². The van der Waals surface area contributed by atoms with Gasteiger partial charge in [-0.2, -0.15) is 0 Å². The third kappa shape index (κ3) is 20.5. The maximum absolute atomic E-state index is 7.90. The fourth-order valence-electron chi connectivity index (χ4n) is 0.502. The summed E-state index contributed by atoms with van der Waals surface area (Å²) in [5.74, 6) is 0. The number of rotatable bonds is 4.